The molecule has 1 heteroatoms. The lowest BCUT2D eigenvalue weighted by atomic mass is 10.0. The second-order valence-electron chi connectivity index (χ2n) is 2.68. The van der Waals surface area contributed by atoms with Crippen LogP contribution in [0.1, 0.15) is 18.1 Å². The van der Waals surface area contributed by atoms with Crippen molar-refractivity contribution in [2.45, 2.75) is 13.8 Å². The molecule has 0 aliphatic carbocycles. The Labute approximate surface area is 72.7 Å². The van der Waals surface area contributed by atoms with Crippen molar-refractivity contribution in [2.75, 3.05) is 0 Å². The van der Waals surface area contributed by atoms with Gasteiger partial charge in [0.1, 0.15) is 6.29 Å². The molecule has 0 aliphatic rings. The molecule has 0 radical (unpaired) electrons. The van der Waals surface area contributed by atoms with Crippen molar-refractivity contribution in [3.63, 3.8) is 0 Å². The van der Waals surface area contributed by atoms with Crippen LogP contribution in [-0.4, -0.2) is 6.29 Å². The van der Waals surface area contributed by atoms with Crippen molar-refractivity contribution in [3.8, 4) is 0 Å². The van der Waals surface area contributed by atoms with Gasteiger partial charge in [0.15, 0.2) is 0 Å². The van der Waals surface area contributed by atoms with E-state index in [2.05, 4.69) is 0 Å². The first kappa shape index (κ1) is 8.72. The molecule has 1 aromatic rings. The SMILES string of the molecule is C/C=C(\C=O)c1ccccc1C. The van der Waals surface area contributed by atoms with E-state index >= 15 is 0 Å². The Hall–Kier alpha value is -1.37. The number of rotatable bonds is 2. The molecular formula is C11H12O. The minimum atomic E-state index is 0.758. The third-order valence-electron chi connectivity index (χ3n) is 1.89. The fraction of sp³-hybridized carbons (Fsp3) is 0.182. The smallest absolute Gasteiger partial charge is 0.150 e. The molecule has 0 spiro atoms. The topological polar surface area (TPSA) is 17.1 Å². The summed E-state index contributed by atoms with van der Waals surface area (Å²) in [5.41, 5.74) is 2.92. The van der Waals surface area contributed by atoms with Gasteiger partial charge >= 0.3 is 0 Å². The van der Waals surface area contributed by atoms with Crippen LogP contribution in [0.15, 0.2) is 30.3 Å². The Balaban J connectivity index is 3.18. The van der Waals surface area contributed by atoms with E-state index < -0.39 is 0 Å². The van der Waals surface area contributed by atoms with Gasteiger partial charge in [-0.15, -0.1) is 0 Å². The second-order valence-corrected chi connectivity index (χ2v) is 2.68. The number of hydrogen-bond acceptors (Lipinski definition) is 1. The van der Waals surface area contributed by atoms with Crippen LogP contribution in [0.4, 0.5) is 0 Å². The van der Waals surface area contributed by atoms with Crippen molar-refractivity contribution in [3.05, 3.63) is 41.5 Å². The largest absolute Gasteiger partial charge is 0.298 e. The Morgan fingerprint density at radius 2 is 2.00 bits per heavy atom. The molecule has 0 N–H and O–H groups in total. The molecule has 0 amide bonds. The summed E-state index contributed by atoms with van der Waals surface area (Å²) in [5.74, 6) is 0. The number of benzene rings is 1. The summed E-state index contributed by atoms with van der Waals surface area (Å²) >= 11 is 0. The van der Waals surface area contributed by atoms with E-state index in [4.69, 9.17) is 0 Å². The maximum absolute atomic E-state index is 10.6. The van der Waals surface area contributed by atoms with E-state index in [9.17, 15) is 4.79 Å². The lowest BCUT2D eigenvalue weighted by Crippen LogP contribution is -1.88. The van der Waals surface area contributed by atoms with Crippen molar-refractivity contribution in [1.82, 2.24) is 0 Å². The molecule has 0 unspecified atom stereocenters. The van der Waals surface area contributed by atoms with Gasteiger partial charge in [0.25, 0.3) is 0 Å². The van der Waals surface area contributed by atoms with Crippen LogP contribution in [0.25, 0.3) is 5.57 Å². The Morgan fingerprint density at radius 1 is 1.33 bits per heavy atom. The summed E-state index contributed by atoms with van der Waals surface area (Å²) in [6.07, 6.45) is 2.72. The number of hydrogen-bond donors (Lipinski definition) is 0. The van der Waals surface area contributed by atoms with Crippen molar-refractivity contribution >= 4 is 11.9 Å². The Morgan fingerprint density at radius 3 is 2.50 bits per heavy atom. The zero-order valence-corrected chi connectivity index (χ0v) is 7.37. The predicted molar refractivity (Wildman–Crippen MR) is 50.9 cm³/mol. The highest BCUT2D eigenvalue weighted by Crippen LogP contribution is 2.15. The zero-order chi connectivity index (χ0) is 8.97. The number of aldehydes is 1. The molecule has 0 saturated heterocycles. The van der Waals surface area contributed by atoms with Crippen molar-refractivity contribution in [2.24, 2.45) is 0 Å². The lowest BCUT2D eigenvalue weighted by molar-refractivity contribution is -0.103. The number of carbonyl (C=O) groups excluding carboxylic acids is 1. The van der Waals surface area contributed by atoms with Gasteiger partial charge in [-0.2, -0.15) is 0 Å². The molecule has 0 atom stereocenters. The summed E-state index contributed by atoms with van der Waals surface area (Å²) in [6.45, 7) is 3.87. The van der Waals surface area contributed by atoms with Crippen LogP contribution in [0.3, 0.4) is 0 Å². The normalized spacial score (nSPS) is 11.3. The highest BCUT2D eigenvalue weighted by Gasteiger charge is 2.00. The van der Waals surface area contributed by atoms with Gasteiger partial charge in [-0.05, 0) is 25.0 Å². The Bertz CT molecular complexity index is 311. The molecule has 12 heavy (non-hydrogen) atoms. The van der Waals surface area contributed by atoms with Gasteiger partial charge in [0.2, 0.25) is 0 Å². The van der Waals surface area contributed by atoms with Gasteiger partial charge in [-0.3, -0.25) is 4.79 Å². The summed E-state index contributed by atoms with van der Waals surface area (Å²) in [6, 6.07) is 7.87. The van der Waals surface area contributed by atoms with Gasteiger partial charge in [-0.25, -0.2) is 0 Å². The molecular weight excluding hydrogens is 148 g/mol. The molecule has 0 fully saturated rings. The van der Waals surface area contributed by atoms with Crippen LogP contribution in [0.2, 0.25) is 0 Å². The van der Waals surface area contributed by atoms with Gasteiger partial charge in [0, 0.05) is 5.57 Å². The maximum Gasteiger partial charge on any atom is 0.150 e. The summed E-state index contributed by atoms with van der Waals surface area (Å²) < 4.78 is 0. The van der Waals surface area contributed by atoms with Gasteiger partial charge in [-0.1, -0.05) is 30.3 Å². The third kappa shape index (κ3) is 1.62. The zero-order valence-electron chi connectivity index (χ0n) is 7.37. The Kier molecular flexibility index (Phi) is 2.81. The first-order valence-electron chi connectivity index (χ1n) is 3.97. The number of allylic oxidation sites excluding steroid dienone is 2. The van der Waals surface area contributed by atoms with Crippen molar-refractivity contribution in [1.29, 1.82) is 0 Å². The van der Waals surface area contributed by atoms with Gasteiger partial charge < -0.3 is 0 Å². The maximum atomic E-state index is 10.6. The highest BCUT2D eigenvalue weighted by atomic mass is 16.1. The van der Waals surface area contributed by atoms with E-state index in [1.165, 1.54) is 0 Å². The standard InChI is InChI=1S/C11H12O/c1-3-10(8-12)11-7-5-4-6-9(11)2/h3-8H,1-2H3/b10-3+. The summed E-state index contributed by atoms with van der Waals surface area (Å²) in [7, 11) is 0. The molecule has 1 rings (SSSR count). The van der Waals surface area contributed by atoms with Crippen molar-refractivity contribution < 1.29 is 4.79 Å². The number of aryl methyl sites for hydroxylation is 1. The van der Waals surface area contributed by atoms with Crippen LogP contribution in [-0.2, 0) is 4.79 Å². The van der Waals surface area contributed by atoms with Crippen LogP contribution in [0.5, 0.6) is 0 Å². The van der Waals surface area contributed by atoms with E-state index in [0.717, 1.165) is 23.0 Å². The van der Waals surface area contributed by atoms with E-state index in [1.807, 2.05) is 44.2 Å². The van der Waals surface area contributed by atoms with Gasteiger partial charge in [0.05, 0.1) is 0 Å². The molecule has 0 saturated carbocycles. The van der Waals surface area contributed by atoms with E-state index in [1.54, 1.807) is 0 Å². The molecule has 0 heterocycles. The molecule has 0 aromatic heterocycles. The average Bonchev–Trinajstić information content (AvgIpc) is 2.10. The summed E-state index contributed by atoms with van der Waals surface area (Å²) in [4.78, 5) is 10.6. The fourth-order valence-corrected chi connectivity index (χ4v) is 1.18. The highest BCUT2D eigenvalue weighted by molar-refractivity contribution is 6.07. The minimum absolute atomic E-state index is 0.758. The van der Waals surface area contributed by atoms with Crippen LogP contribution >= 0.6 is 0 Å². The quantitative estimate of drug-likeness (QED) is 0.480. The first-order valence-corrected chi connectivity index (χ1v) is 3.97. The fourth-order valence-electron chi connectivity index (χ4n) is 1.18. The van der Waals surface area contributed by atoms with E-state index in [-0.39, 0.29) is 0 Å². The first-order chi connectivity index (χ1) is 5.79. The van der Waals surface area contributed by atoms with Crippen LogP contribution in [0, 0.1) is 6.92 Å². The molecule has 0 bridgehead atoms. The summed E-state index contributed by atoms with van der Waals surface area (Å²) in [5, 5.41) is 0. The van der Waals surface area contributed by atoms with E-state index in [0.29, 0.717) is 0 Å². The lowest BCUT2D eigenvalue weighted by Gasteiger charge is -2.02. The molecule has 1 aromatic carbocycles. The monoisotopic (exact) mass is 160 g/mol. The second kappa shape index (κ2) is 3.86. The minimum Gasteiger partial charge on any atom is -0.298 e. The average molecular weight is 160 g/mol. The molecule has 0 aliphatic heterocycles. The van der Waals surface area contributed by atoms with Crippen LogP contribution < -0.4 is 0 Å². The molecule has 1 nitrogen and oxygen atoms in total. The number of carbonyl (C=O) groups is 1. The third-order valence-corrected chi connectivity index (χ3v) is 1.89. The molecule has 62 valence electrons. The predicted octanol–water partition coefficient (Wildman–Crippen LogP) is 2.60.